The smallest absolute Gasteiger partial charge is 0.270 e. The third kappa shape index (κ3) is 4.10. The SMILES string of the molecule is Cc1nc2c(OCc3c(F)cccc3F)cccn2c1C(=O)N[C@@H](CO)c1nnc(C2CC2)o1. The number of rotatable bonds is 8. The number of carbonyl (C=O) groups is 1. The lowest BCUT2D eigenvalue weighted by Gasteiger charge is -2.13. The lowest BCUT2D eigenvalue weighted by atomic mass is 10.2. The Kier molecular flexibility index (Phi) is 5.70. The quantitative estimate of drug-likeness (QED) is 0.407. The van der Waals surface area contributed by atoms with Gasteiger partial charge in [-0.1, -0.05) is 6.07 Å². The third-order valence-electron chi connectivity index (χ3n) is 5.61. The molecule has 0 saturated heterocycles. The molecule has 1 saturated carbocycles. The number of aryl methyl sites for hydroxylation is 1. The Morgan fingerprint density at radius 2 is 2.03 bits per heavy atom. The Balaban J connectivity index is 1.39. The predicted molar refractivity (Wildman–Crippen MR) is 114 cm³/mol. The molecule has 1 fully saturated rings. The molecule has 3 aromatic heterocycles. The van der Waals surface area contributed by atoms with Crippen LogP contribution in [0.3, 0.4) is 0 Å². The summed E-state index contributed by atoms with van der Waals surface area (Å²) in [7, 11) is 0. The summed E-state index contributed by atoms with van der Waals surface area (Å²) >= 11 is 0. The van der Waals surface area contributed by atoms with E-state index in [0.717, 1.165) is 25.0 Å². The molecule has 34 heavy (non-hydrogen) atoms. The Bertz CT molecular complexity index is 1340. The molecule has 0 bridgehead atoms. The van der Waals surface area contributed by atoms with Crippen LogP contribution in [-0.2, 0) is 6.61 Å². The zero-order valence-electron chi connectivity index (χ0n) is 18.2. The zero-order valence-corrected chi connectivity index (χ0v) is 18.2. The van der Waals surface area contributed by atoms with Crippen LogP contribution >= 0.6 is 0 Å². The topological polar surface area (TPSA) is 115 Å². The van der Waals surface area contributed by atoms with Crippen LogP contribution in [0.25, 0.3) is 5.65 Å². The van der Waals surface area contributed by atoms with Crippen LogP contribution in [-0.4, -0.2) is 37.2 Å². The van der Waals surface area contributed by atoms with Crippen LogP contribution in [0.1, 0.15) is 58.3 Å². The summed E-state index contributed by atoms with van der Waals surface area (Å²) < 4.78 is 40.7. The molecule has 0 aliphatic heterocycles. The first-order chi connectivity index (χ1) is 16.5. The van der Waals surface area contributed by atoms with Crippen molar-refractivity contribution >= 4 is 11.6 Å². The maximum atomic E-state index is 14.0. The monoisotopic (exact) mass is 469 g/mol. The van der Waals surface area contributed by atoms with Crippen LogP contribution < -0.4 is 10.1 Å². The summed E-state index contributed by atoms with van der Waals surface area (Å²) in [5.74, 6) is -0.833. The summed E-state index contributed by atoms with van der Waals surface area (Å²) in [5, 5.41) is 20.4. The van der Waals surface area contributed by atoms with Crippen LogP contribution in [0, 0.1) is 18.6 Å². The number of amides is 1. The highest BCUT2D eigenvalue weighted by molar-refractivity contribution is 5.95. The van der Waals surface area contributed by atoms with Gasteiger partial charge >= 0.3 is 0 Å². The molecule has 176 valence electrons. The summed E-state index contributed by atoms with van der Waals surface area (Å²) in [6.45, 7) is 0.864. The molecule has 2 N–H and O–H groups in total. The molecule has 1 atom stereocenters. The maximum absolute atomic E-state index is 14.0. The number of hydrogen-bond acceptors (Lipinski definition) is 7. The molecule has 0 unspecified atom stereocenters. The largest absolute Gasteiger partial charge is 0.485 e. The number of benzene rings is 1. The first-order valence-corrected chi connectivity index (χ1v) is 10.7. The zero-order chi connectivity index (χ0) is 23.8. The fourth-order valence-electron chi connectivity index (χ4n) is 3.66. The van der Waals surface area contributed by atoms with Crippen LogP contribution in [0.15, 0.2) is 40.9 Å². The number of nitrogens with zero attached hydrogens (tertiary/aromatic N) is 4. The first kappa shape index (κ1) is 22.0. The molecule has 11 heteroatoms. The minimum Gasteiger partial charge on any atom is -0.485 e. The standard InChI is InChI=1S/C23H21F2N5O4/c1-12-19(21(32)27-17(10-31)23-29-28-22(34-23)13-7-8-13)30-9-3-6-18(20(30)26-12)33-11-14-15(24)4-2-5-16(14)25/h2-6,9,13,17,31H,7-8,10-11H2,1H3,(H,27,32)/t17-/m0/s1. The molecular weight excluding hydrogens is 448 g/mol. The van der Waals surface area contributed by atoms with Crippen molar-refractivity contribution in [1.29, 1.82) is 0 Å². The first-order valence-electron chi connectivity index (χ1n) is 10.7. The molecule has 1 aliphatic rings. The molecular formula is C23H21F2N5O4. The number of hydrogen-bond donors (Lipinski definition) is 2. The molecule has 9 nitrogen and oxygen atoms in total. The molecule has 1 amide bonds. The molecule has 1 aliphatic carbocycles. The van der Waals surface area contributed by atoms with Gasteiger partial charge in [-0.15, -0.1) is 10.2 Å². The third-order valence-corrected chi connectivity index (χ3v) is 5.61. The minimum atomic E-state index is -0.888. The normalized spacial score (nSPS) is 14.4. The lowest BCUT2D eigenvalue weighted by molar-refractivity contribution is 0.0897. The highest BCUT2D eigenvalue weighted by Crippen LogP contribution is 2.39. The number of fused-ring (bicyclic) bond motifs is 1. The van der Waals surface area contributed by atoms with Gasteiger partial charge in [0.2, 0.25) is 11.8 Å². The fraction of sp³-hybridized carbons (Fsp3) is 0.304. The lowest BCUT2D eigenvalue weighted by Crippen LogP contribution is -2.32. The van der Waals surface area contributed by atoms with Crippen LogP contribution in [0.5, 0.6) is 5.75 Å². The second-order valence-electron chi connectivity index (χ2n) is 8.06. The second kappa shape index (κ2) is 8.82. The number of nitrogens with one attached hydrogen (secondary N) is 1. The van der Waals surface area contributed by atoms with E-state index in [0.29, 0.717) is 17.2 Å². The molecule has 4 aromatic rings. The van der Waals surface area contributed by atoms with Crippen molar-refractivity contribution in [2.45, 2.75) is 38.3 Å². The fourth-order valence-corrected chi connectivity index (χ4v) is 3.66. The van der Waals surface area contributed by atoms with Gasteiger partial charge in [-0.05, 0) is 44.0 Å². The summed E-state index contributed by atoms with van der Waals surface area (Å²) in [4.78, 5) is 17.5. The van der Waals surface area contributed by atoms with E-state index in [1.54, 1.807) is 25.3 Å². The van der Waals surface area contributed by atoms with E-state index in [-0.39, 0.29) is 35.4 Å². The summed E-state index contributed by atoms with van der Waals surface area (Å²) in [6, 6.07) is 5.91. The van der Waals surface area contributed by atoms with Gasteiger partial charge in [-0.25, -0.2) is 13.8 Å². The van der Waals surface area contributed by atoms with Crippen molar-refractivity contribution in [3.63, 3.8) is 0 Å². The Hall–Kier alpha value is -3.86. The van der Waals surface area contributed by atoms with Crippen LogP contribution in [0.2, 0.25) is 0 Å². The number of pyridine rings is 1. The van der Waals surface area contributed by atoms with E-state index in [2.05, 4.69) is 20.5 Å². The van der Waals surface area contributed by atoms with Gasteiger partial charge in [0.25, 0.3) is 5.91 Å². The average molecular weight is 469 g/mol. The van der Waals surface area contributed by atoms with Gasteiger partial charge in [0.15, 0.2) is 11.4 Å². The molecule has 0 spiro atoms. The maximum Gasteiger partial charge on any atom is 0.270 e. The average Bonchev–Trinajstić information content (AvgIpc) is 3.44. The number of aromatic nitrogens is 4. The van der Waals surface area contributed by atoms with Crippen molar-refractivity contribution in [1.82, 2.24) is 24.9 Å². The molecule has 0 radical (unpaired) electrons. The van der Waals surface area contributed by atoms with Crippen molar-refractivity contribution < 1.29 is 27.8 Å². The van der Waals surface area contributed by atoms with Gasteiger partial charge < -0.3 is 19.6 Å². The summed E-state index contributed by atoms with van der Waals surface area (Å²) in [5.41, 5.74) is 0.697. The minimum absolute atomic E-state index is 0.125. The summed E-state index contributed by atoms with van der Waals surface area (Å²) in [6.07, 6.45) is 3.58. The van der Waals surface area contributed by atoms with Crippen molar-refractivity contribution in [2.75, 3.05) is 6.61 Å². The Morgan fingerprint density at radius 1 is 1.26 bits per heavy atom. The van der Waals surface area contributed by atoms with Gasteiger partial charge in [-0.2, -0.15) is 0 Å². The number of aliphatic hydroxyl groups is 1. The van der Waals surface area contributed by atoms with Gasteiger partial charge in [-0.3, -0.25) is 9.20 Å². The van der Waals surface area contributed by atoms with E-state index < -0.39 is 30.2 Å². The van der Waals surface area contributed by atoms with Crippen molar-refractivity contribution in [3.8, 4) is 5.75 Å². The number of imidazole rings is 1. The number of halogens is 2. The van der Waals surface area contributed by atoms with E-state index >= 15 is 0 Å². The van der Waals surface area contributed by atoms with Crippen molar-refractivity contribution in [3.05, 3.63) is 76.9 Å². The van der Waals surface area contributed by atoms with Crippen LogP contribution in [0.4, 0.5) is 8.78 Å². The van der Waals surface area contributed by atoms with Gasteiger partial charge in [0.1, 0.15) is 30.0 Å². The van der Waals surface area contributed by atoms with Gasteiger partial charge in [0, 0.05) is 12.1 Å². The molecule has 5 rings (SSSR count). The molecule has 1 aromatic carbocycles. The Labute approximate surface area is 192 Å². The predicted octanol–water partition coefficient (Wildman–Crippen LogP) is 3.22. The number of ether oxygens (including phenoxy) is 1. The highest BCUT2D eigenvalue weighted by Gasteiger charge is 2.31. The molecule has 3 heterocycles. The number of carbonyl (C=O) groups excluding carboxylic acids is 1. The van der Waals surface area contributed by atoms with Crippen molar-refractivity contribution in [2.24, 2.45) is 0 Å². The highest BCUT2D eigenvalue weighted by atomic mass is 19.1. The van der Waals surface area contributed by atoms with E-state index in [1.165, 1.54) is 10.5 Å². The van der Waals surface area contributed by atoms with Gasteiger partial charge in [0.05, 0.1) is 17.9 Å². The van der Waals surface area contributed by atoms with E-state index in [1.807, 2.05) is 0 Å². The van der Waals surface area contributed by atoms with E-state index in [4.69, 9.17) is 9.15 Å². The second-order valence-corrected chi connectivity index (χ2v) is 8.06. The number of aliphatic hydroxyl groups excluding tert-OH is 1. The van der Waals surface area contributed by atoms with E-state index in [9.17, 15) is 18.7 Å². The Morgan fingerprint density at radius 3 is 2.74 bits per heavy atom.